The van der Waals surface area contributed by atoms with E-state index in [1.165, 1.54) is 0 Å². The van der Waals surface area contributed by atoms with E-state index < -0.39 is 10.0 Å². The SMILES string of the molecule is Cc1ccc(S(=O)(=O)NC2CCNC(C)C2)cc1.Cl. The number of hydrogen-bond acceptors (Lipinski definition) is 3. The summed E-state index contributed by atoms with van der Waals surface area (Å²) in [7, 11) is -3.38. The summed E-state index contributed by atoms with van der Waals surface area (Å²) in [5.41, 5.74) is 1.06. The van der Waals surface area contributed by atoms with Gasteiger partial charge in [-0.2, -0.15) is 0 Å². The van der Waals surface area contributed by atoms with Crippen LogP contribution in [0.15, 0.2) is 29.2 Å². The van der Waals surface area contributed by atoms with Gasteiger partial charge in [0.15, 0.2) is 0 Å². The minimum Gasteiger partial charge on any atom is -0.314 e. The summed E-state index contributed by atoms with van der Waals surface area (Å²) in [6.45, 7) is 4.88. The van der Waals surface area contributed by atoms with Gasteiger partial charge in [-0.25, -0.2) is 13.1 Å². The van der Waals surface area contributed by atoms with Crippen molar-refractivity contribution in [3.8, 4) is 0 Å². The molecule has 6 heteroatoms. The molecular weight excluding hydrogens is 284 g/mol. The minimum atomic E-state index is -3.38. The van der Waals surface area contributed by atoms with Crippen molar-refractivity contribution in [1.82, 2.24) is 10.0 Å². The van der Waals surface area contributed by atoms with Crippen molar-refractivity contribution in [2.24, 2.45) is 0 Å². The lowest BCUT2D eigenvalue weighted by atomic mass is 10.0. The lowest BCUT2D eigenvalue weighted by Crippen LogP contribution is -2.46. The molecule has 2 atom stereocenters. The number of nitrogens with one attached hydrogen (secondary N) is 2. The third kappa shape index (κ3) is 4.45. The number of benzene rings is 1. The molecule has 4 nitrogen and oxygen atoms in total. The zero-order valence-electron chi connectivity index (χ0n) is 11.2. The molecule has 0 aromatic heterocycles. The molecule has 1 heterocycles. The highest BCUT2D eigenvalue weighted by molar-refractivity contribution is 7.89. The van der Waals surface area contributed by atoms with E-state index >= 15 is 0 Å². The standard InChI is InChI=1S/C13H20N2O2S.ClH/c1-10-3-5-13(6-4-10)18(16,17)15-12-7-8-14-11(2)9-12;/h3-6,11-12,14-15H,7-9H2,1-2H3;1H. The van der Waals surface area contributed by atoms with E-state index in [1.54, 1.807) is 12.1 Å². The number of aryl methyl sites for hydroxylation is 1. The molecule has 1 saturated heterocycles. The molecule has 0 aliphatic carbocycles. The van der Waals surface area contributed by atoms with E-state index in [1.807, 2.05) is 19.1 Å². The Morgan fingerprint density at radius 2 is 1.89 bits per heavy atom. The van der Waals surface area contributed by atoms with E-state index in [0.29, 0.717) is 10.9 Å². The fourth-order valence-electron chi connectivity index (χ4n) is 2.24. The van der Waals surface area contributed by atoms with Crippen molar-refractivity contribution in [3.05, 3.63) is 29.8 Å². The Hall–Kier alpha value is -0.620. The summed E-state index contributed by atoms with van der Waals surface area (Å²) < 4.78 is 27.2. The Kier molecular flexibility index (Phi) is 5.80. The smallest absolute Gasteiger partial charge is 0.240 e. The maximum Gasteiger partial charge on any atom is 0.240 e. The summed E-state index contributed by atoms with van der Waals surface area (Å²) in [6.07, 6.45) is 1.68. The quantitative estimate of drug-likeness (QED) is 0.896. The predicted octanol–water partition coefficient (Wildman–Crippen LogP) is 1.84. The highest BCUT2D eigenvalue weighted by atomic mass is 35.5. The minimum absolute atomic E-state index is 0. The number of sulfonamides is 1. The van der Waals surface area contributed by atoms with E-state index in [9.17, 15) is 8.42 Å². The molecule has 0 amide bonds. The van der Waals surface area contributed by atoms with Crippen molar-refractivity contribution in [1.29, 1.82) is 0 Å². The average Bonchev–Trinajstić information content (AvgIpc) is 2.29. The molecule has 0 spiro atoms. The molecule has 108 valence electrons. The van der Waals surface area contributed by atoms with Crippen molar-refractivity contribution < 1.29 is 8.42 Å². The van der Waals surface area contributed by atoms with Gasteiger partial charge in [-0.1, -0.05) is 17.7 Å². The topological polar surface area (TPSA) is 58.2 Å². The highest BCUT2D eigenvalue weighted by Crippen LogP contribution is 2.14. The molecule has 2 rings (SSSR count). The second-order valence-corrected chi connectivity index (χ2v) is 6.72. The van der Waals surface area contributed by atoms with Crippen molar-refractivity contribution in [2.75, 3.05) is 6.54 Å². The van der Waals surface area contributed by atoms with Gasteiger partial charge in [-0.05, 0) is 45.4 Å². The first-order valence-corrected chi connectivity index (χ1v) is 7.78. The average molecular weight is 305 g/mol. The second-order valence-electron chi connectivity index (χ2n) is 5.01. The molecule has 1 aliphatic rings. The van der Waals surface area contributed by atoms with Crippen LogP contribution in [0.2, 0.25) is 0 Å². The molecule has 1 aromatic rings. The van der Waals surface area contributed by atoms with E-state index in [-0.39, 0.29) is 18.4 Å². The van der Waals surface area contributed by atoms with Crippen LogP contribution in [0.1, 0.15) is 25.3 Å². The lowest BCUT2D eigenvalue weighted by molar-refractivity contribution is 0.361. The van der Waals surface area contributed by atoms with Gasteiger partial charge in [0, 0.05) is 12.1 Å². The van der Waals surface area contributed by atoms with Gasteiger partial charge in [-0.3, -0.25) is 0 Å². The molecule has 0 bridgehead atoms. The summed E-state index contributed by atoms with van der Waals surface area (Å²) >= 11 is 0. The van der Waals surface area contributed by atoms with Crippen LogP contribution < -0.4 is 10.0 Å². The molecule has 1 fully saturated rings. The third-order valence-electron chi connectivity index (χ3n) is 3.28. The molecule has 2 unspecified atom stereocenters. The van der Waals surface area contributed by atoms with Crippen LogP contribution in [0.5, 0.6) is 0 Å². The number of hydrogen-bond donors (Lipinski definition) is 2. The van der Waals surface area contributed by atoms with Gasteiger partial charge >= 0.3 is 0 Å². The van der Waals surface area contributed by atoms with Gasteiger partial charge in [0.2, 0.25) is 10.0 Å². The largest absolute Gasteiger partial charge is 0.314 e. The van der Waals surface area contributed by atoms with Gasteiger partial charge < -0.3 is 5.32 Å². The maximum absolute atomic E-state index is 12.2. The Morgan fingerprint density at radius 1 is 1.26 bits per heavy atom. The Bertz CT molecular complexity index is 502. The van der Waals surface area contributed by atoms with Crippen LogP contribution >= 0.6 is 12.4 Å². The first-order valence-electron chi connectivity index (χ1n) is 6.30. The van der Waals surface area contributed by atoms with E-state index in [4.69, 9.17) is 0 Å². The van der Waals surface area contributed by atoms with Crippen LogP contribution in [0.3, 0.4) is 0 Å². The summed E-state index contributed by atoms with van der Waals surface area (Å²) in [6, 6.07) is 7.35. The number of piperidine rings is 1. The number of halogens is 1. The fourth-order valence-corrected chi connectivity index (χ4v) is 3.53. The van der Waals surface area contributed by atoms with Gasteiger partial charge in [0.25, 0.3) is 0 Å². The molecule has 0 saturated carbocycles. The Morgan fingerprint density at radius 3 is 2.47 bits per heavy atom. The van der Waals surface area contributed by atoms with Crippen LogP contribution in [0, 0.1) is 6.92 Å². The molecular formula is C13H21ClN2O2S. The fraction of sp³-hybridized carbons (Fsp3) is 0.538. The molecule has 1 aliphatic heterocycles. The van der Waals surface area contributed by atoms with Crippen molar-refractivity contribution >= 4 is 22.4 Å². The van der Waals surface area contributed by atoms with Crippen LogP contribution in [-0.4, -0.2) is 27.0 Å². The van der Waals surface area contributed by atoms with Gasteiger partial charge in [-0.15, -0.1) is 12.4 Å². The first kappa shape index (κ1) is 16.4. The van der Waals surface area contributed by atoms with E-state index in [2.05, 4.69) is 17.0 Å². The maximum atomic E-state index is 12.2. The molecule has 2 N–H and O–H groups in total. The van der Waals surface area contributed by atoms with Gasteiger partial charge in [0.1, 0.15) is 0 Å². The molecule has 0 radical (unpaired) electrons. The van der Waals surface area contributed by atoms with Gasteiger partial charge in [0.05, 0.1) is 4.90 Å². The zero-order valence-corrected chi connectivity index (χ0v) is 12.9. The first-order chi connectivity index (χ1) is 8.47. The summed E-state index contributed by atoms with van der Waals surface area (Å²) in [5, 5.41) is 3.31. The second kappa shape index (κ2) is 6.70. The molecule has 19 heavy (non-hydrogen) atoms. The Balaban J connectivity index is 0.00000180. The van der Waals surface area contributed by atoms with Crippen molar-refractivity contribution in [3.63, 3.8) is 0 Å². The normalized spacial score (nSPS) is 23.7. The monoisotopic (exact) mass is 304 g/mol. The van der Waals surface area contributed by atoms with Crippen LogP contribution in [-0.2, 0) is 10.0 Å². The summed E-state index contributed by atoms with van der Waals surface area (Å²) in [5.74, 6) is 0. The zero-order chi connectivity index (χ0) is 13.2. The predicted molar refractivity (Wildman–Crippen MR) is 79.2 cm³/mol. The van der Waals surface area contributed by atoms with Crippen LogP contribution in [0.4, 0.5) is 0 Å². The van der Waals surface area contributed by atoms with Crippen molar-refractivity contribution in [2.45, 2.75) is 43.7 Å². The molecule has 1 aromatic carbocycles. The lowest BCUT2D eigenvalue weighted by Gasteiger charge is -2.28. The van der Waals surface area contributed by atoms with E-state index in [0.717, 1.165) is 24.9 Å². The number of rotatable bonds is 3. The third-order valence-corrected chi connectivity index (χ3v) is 4.81. The highest BCUT2D eigenvalue weighted by Gasteiger charge is 2.24. The Labute approximate surface area is 121 Å². The summed E-state index contributed by atoms with van der Waals surface area (Å²) in [4.78, 5) is 0.347. The van der Waals surface area contributed by atoms with Crippen LogP contribution in [0.25, 0.3) is 0 Å².